The van der Waals surface area contributed by atoms with Crippen LogP contribution in [0.4, 0.5) is 0 Å². The summed E-state index contributed by atoms with van der Waals surface area (Å²) in [5, 5.41) is 8.80. The van der Waals surface area contributed by atoms with Crippen LogP contribution >= 0.6 is 22.6 Å². The summed E-state index contributed by atoms with van der Waals surface area (Å²) in [4.78, 5) is 10.8. The topological polar surface area (TPSA) is 83.5 Å². The minimum atomic E-state index is -3.77. The monoisotopic (exact) mass is 369 g/mol. The van der Waals surface area contributed by atoms with E-state index < -0.39 is 22.0 Å². The smallest absolute Gasteiger partial charge is 0.321 e. The molecule has 2 N–H and O–H groups in total. The number of benzene rings is 1. The lowest BCUT2D eigenvalue weighted by atomic mass is 10.2. The first kappa shape index (κ1) is 14.4. The van der Waals surface area contributed by atoms with E-state index in [4.69, 9.17) is 5.11 Å². The predicted octanol–water partition coefficient (Wildman–Crippen LogP) is 1.43. The minimum absolute atomic E-state index is 0.0672. The molecule has 0 fully saturated rings. The highest BCUT2D eigenvalue weighted by Crippen LogP contribution is 2.12. The zero-order valence-corrected chi connectivity index (χ0v) is 12.0. The summed E-state index contributed by atoms with van der Waals surface area (Å²) in [6, 6.07) is 5.09. The quantitative estimate of drug-likeness (QED) is 0.770. The average molecular weight is 369 g/mol. The highest BCUT2D eigenvalue weighted by Gasteiger charge is 2.23. The predicted molar refractivity (Wildman–Crippen MR) is 71.2 cm³/mol. The van der Waals surface area contributed by atoms with Gasteiger partial charge in [-0.25, -0.2) is 8.42 Å². The molecule has 0 aliphatic carbocycles. The Morgan fingerprint density at radius 3 is 2.35 bits per heavy atom. The zero-order chi connectivity index (χ0) is 13.1. The Balaban J connectivity index is 2.96. The second-order valence-corrected chi connectivity index (χ2v) is 6.33. The molecule has 1 aromatic carbocycles. The summed E-state index contributed by atoms with van der Waals surface area (Å²) >= 11 is 2.06. The molecule has 0 aliphatic rings. The van der Waals surface area contributed by atoms with E-state index in [9.17, 15) is 13.2 Å². The Morgan fingerprint density at radius 2 is 1.94 bits per heavy atom. The van der Waals surface area contributed by atoms with E-state index in [1.54, 1.807) is 19.1 Å². The average Bonchev–Trinajstić information content (AvgIpc) is 2.26. The van der Waals surface area contributed by atoms with Crippen molar-refractivity contribution < 1.29 is 18.3 Å². The van der Waals surface area contributed by atoms with E-state index in [2.05, 4.69) is 27.3 Å². The van der Waals surface area contributed by atoms with Crippen molar-refractivity contribution >= 4 is 38.6 Å². The molecule has 1 aromatic rings. The molecule has 0 unspecified atom stereocenters. The van der Waals surface area contributed by atoms with E-state index in [0.717, 1.165) is 3.57 Å². The maximum atomic E-state index is 11.8. The Hall–Kier alpha value is -0.670. The number of rotatable bonds is 5. The van der Waals surface area contributed by atoms with Crippen molar-refractivity contribution in [2.75, 3.05) is 0 Å². The molecule has 0 bridgehead atoms. The molecule has 5 nitrogen and oxygen atoms in total. The third kappa shape index (κ3) is 3.93. The van der Waals surface area contributed by atoms with Gasteiger partial charge >= 0.3 is 5.97 Å². The van der Waals surface area contributed by atoms with Crippen LogP contribution in [0.1, 0.15) is 13.3 Å². The van der Waals surface area contributed by atoms with E-state index in [1.165, 1.54) is 12.1 Å². The van der Waals surface area contributed by atoms with Gasteiger partial charge in [0.15, 0.2) is 0 Å². The molecule has 1 atom stereocenters. The van der Waals surface area contributed by atoms with Crippen molar-refractivity contribution in [3.05, 3.63) is 27.8 Å². The molecule has 0 spiro atoms. The summed E-state index contributed by atoms with van der Waals surface area (Å²) in [7, 11) is -3.77. The fourth-order valence-corrected chi connectivity index (χ4v) is 2.81. The van der Waals surface area contributed by atoms with Gasteiger partial charge in [-0.1, -0.05) is 6.92 Å². The molecule has 7 heteroatoms. The van der Waals surface area contributed by atoms with E-state index >= 15 is 0 Å². The fraction of sp³-hybridized carbons (Fsp3) is 0.300. The second kappa shape index (κ2) is 5.78. The number of carboxylic acid groups (broad SMARTS) is 1. The summed E-state index contributed by atoms with van der Waals surface area (Å²) < 4.78 is 26.7. The van der Waals surface area contributed by atoms with Crippen LogP contribution in [-0.4, -0.2) is 25.5 Å². The van der Waals surface area contributed by atoms with Crippen LogP contribution in [0.25, 0.3) is 0 Å². The summed E-state index contributed by atoms with van der Waals surface area (Å²) in [6.45, 7) is 1.61. The molecule has 0 saturated carbocycles. The number of carboxylic acids is 1. The zero-order valence-electron chi connectivity index (χ0n) is 9.05. The molecule has 0 aromatic heterocycles. The second-order valence-electron chi connectivity index (χ2n) is 3.37. The molecule has 17 heavy (non-hydrogen) atoms. The maximum Gasteiger partial charge on any atom is 0.321 e. The normalized spacial score (nSPS) is 13.3. The van der Waals surface area contributed by atoms with Crippen molar-refractivity contribution in [3.63, 3.8) is 0 Å². The number of aliphatic carboxylic acids is 1. The lowest BCUT2D eigenvalue weighted by molar-refractivity contribution is -0.139. The first-order valence-corrected chi connectivity index (χ1v) is 7.43. The van der Waals surface area contributed by atoms with Gasteiger partial charge in [0.2, 0.25) is 10.0 Å². The summed E-state index contributed by atoms with van der Waals surface area (Å²) in [6.07, 6.45) is 0.193. The molecular formula is C10H12INO4S. The standard InChI is InChI=1S/C10H12INO4S/c1-2-9(10(13)14)12-17(15,16)8-5-3-7(11)4-6-8/h3-6,9,12H,2H2,1H3,(H,13,14)/t9-/m1/s1. The molecule has 0 saturated heterocycles. The Morgan fingerprint density at radius 1 is 1.41 bits per heavy atom. The first-order chi connectivity index (χ1) is 7.86. The van der Waals surface area contributed by atoms with Crippen LogP contribution in [0, 0.1) is 3.57 Å². The molecule has 0 heterocycles. The highest BCUT2D eigenvalue weighted by atomic mass is 127. The van der Waals surface area contributed by atoms with Gasteiger partial charge in [-0.05, 0) is 53.3 Å². The van der Waals surface area contributed by atoms with Crippen LogP contribution in [0.5, 0.6) is 0 Å². The van der Waals surface area contributed by atoms with E-state index in [1.807, 2.05) is 0 Å². The largest absolute Gasteiger partial charge is 0.480 e. The Bertz CT molecular complexity index is 498. The van der Waals surface area contributed by atoms with Crippen molar-refractivity contribution in [3.8, 4) is 0 Å². The van der Waals surface area contributed by atoms with Gasteiger partial charge in [-0.15, -0.1) is 0 Å². The summed E-state index contributed by atoms with van der Waals surface area (Å²) in [5.74, 6) is -1.18. The third-order valence-corrected chi connectivity index (χ3v) is 4.33. The lowest BCUT2D eigenvalue weighted by Gasteiger charge is -2.12. The van der Waals surface area contributed by atoms with Crippen LogP contribution in [0.15, 0.2) is 29.2 Å². The number of halogens is 1. The third-order valence-electron chi connectivity index (χ3n) is 2.13. The summed E-state index contributed by atoms with van der Waals surface area (Å²) in [5.41, 5.74) is 0. The van der Waals surface area contributed by atoms with Gasteiger partial charge in [0.1, 0.15) is 6.04 Å². The Kier molecular flexibility index (Phi) is 4.90. The SMILES string of the molecule is CC[C@@H](NS(=O)(=O)c1ccc(I)cc1)C(=O)O. The van der Waals surface area contributed by atoms with E-state index in [0.29, 0.717) is 0 Å². The molecule has 0 amide bonds. The number of sulfonamides is 1. The van der Waals surface area contributed by atoms with Gasteiger partial charge in [-0.3, -0.25) is 4.79 Å². The number of carbonyl (C=O) groups is 1. The highest BCUT2D eigenvalue weighted by molar-refractivity contribution is 14.1. The van der Waals surface area contributed by atoms with Gasteiger partial charge in [0, 0.05) is 3.57 Å². The van der Waals surface area contributed by atoms with Crippen LogP contribution in [0.2, 0.25) is 0 Å². The molecule has 0 radical (unpaired) electrons. The number of hydrogen-bond donors (Lipinski definition) is 2. The maximum absolute atomic E-state index is 11.8. The lowest BCUT2D eigenvalue weighted by Crippen LogP contribution is -2.40. The van der Waals surface area contributed by atoms with Gasteiger partial charge in [-0.2, -0.15) is 4.72 Å². The van der Waals surface area contributed by atoms with Crippen molar-refractivity contribution in [1.29, 1.82) is 0 Å². The minimum Gasteiger partial charge on any atom is -0.480 e. The van der Waals surface area contributed by atoms with Crippen molar-refractivity contribution in [2.24, 2.45) is 0 Å². The molecule has 1 rings (SSSR count). The molecule has 94 valence electrons. The van der Waals surface area contributed by atoms with Gasteiger partial charge < -0.3 is 5.11 Å². The van der Waals surface area contributed by atoms with E-state index in [-0.39, 0.29) is 11.3 Å². The van der Waals surface area contributed by atoms with Gasteiger partial charge in [0.05, 0.1) is 4.90 Å². The van der Waals surface area contributed by atoms with Gasteiger partial charge in [0.25, 0.3) is 0 Å². The molecule has 0 aliphatic heterocycles. The molecular weight excluding hydrogens is 357 g/mol. The van der Waals surface area contributed by atoms with Crippen LogP contribution < -0.4 is 4.72 Å². The van der Waals surface area contributed by atoms with Crippen LogP contribution in [-0.2, 0) is 14.8 Å². The van der Waals surface area contributed by atoms with Crippen molar-refractivity contribution in [1.82, 2.24) is 4.72 Å². The Labute approximate surface area is 113 Å². The first-order valence-electron chi connectivity index (χ1n) is 4.87. The fourth-order valence-electron chi connectivity index (χ4n) is 1.18. The number of hydrogen-bond acceptors (Lipinski definition) is 3. The van der Waals surface area contributed by atoms with Crippen LogP contribution in [0.3, 0.4) is 0 Å². The van der Waals surface area contributed by atoms with Crippen molar-refractivity contribution in [2.45, 2.75) is 24.3 Å². The number of nitrogens with one attached hydrogen (secondary N) is 1.